The molecule has 0 rings (SSSR count). The van der Waals surface area contributed by atoms with Gasteiger partial charge in [-0.05, 0) is 26.3 Å². The minimum Gasteiger partial charge on any atom is -0.481 e. The first kappa shape index (κ1) is 19.8. The van der Waals surface area contributed by atoms with E-state index in [2.05, 4.69) is 12.2 Å². The Balaban J connectivity index is 3.80. The number of Topliss-reactive ketones (excluding diaryl/α,β-unsaturated/α-hetero) is 2. The quantitative estimate of drug-likeness (QED) is 0.482. The van der Waals surface area contributed by atoms with E-state index in [1.165, 1.54) is 6.42 Å². The maximum absolute atomic E-state index is 11.9. The standard InChI is InChI=1S/C16H29NO4/c1-3-4-5-6-8-13(18)9-7-10-15(19)14(17-2)11-12-16(20)21/h14,17H,3-12H2,1-2H3,(H,20,21)/t14-/m0/s1. The van der Waals surface area contributed by atoms with Gasteiger partial charge in [-0.3, -0.25) is 14.4 Å². The normalized spacial score (nSPS) is 12.1. The van der Waals surface area contributed by atoms with Gasteiger partial charge in [-0.2, -0.15) is 0 Å². The Labute approximate surface area is 127 Å². The molecule has 0 amide bonds. The van der Waals surface area contributed by atoms with E-state index >= 15 is 0 Å². The number of unbranched alkanes of at least 4 members (excludes halogenated alkanes) is 3. The van der Waals surface area contributed by atoms with Gasteiger partial charge in [0.15, 0.2) is 0 Å². The predicted octanol–water partition coefficient (Wildman–Crippen LogP) is 2.72. The molecule has 0 aliphatic carbocycles. The first-order valence-corrected chi connectivity index (χ1v) is 7.94. The number of rotatable bonds is 14. The van der Waals surface area contributed by atoms with Crippen LogP contribution in [-0.2, 0) is 14.4 Å². The summed E-state index contributed by atoms with van der Waals surface area (Å²) in [6.45, 7) is 2.13. The van der Waals surface area contributed by atoms with Gasteiger partial charge in [0.1, 0.15) is 11.6 Å². The van der Waals surface area contributed by atoms with Gasteiger partial charge < -0.3 is 10.4 Å². The van der Waals surface area contributed by atoms with E-state index in [9.17, 15) is 14.4 Å². The Kier molecular flexibility index (Phi) is 11.8. The van der Waals surface area contributed by atoms with Crippen molar-refractivity contribution in [3.63, 3.8) is 0 Å². The van der Waals surface area contributed by atoms with Crippen LogP contribution >= 0.6 is 0 Å². The smallest absolute Gasteiger partial charge is 0.303 e. The lowest BCUT2D eigenvalue weighted by Gasteiger charge is -2.13. The van der Waals surface area contributed by atoms with Crippen molar-refractivity contribution in [1.82, 2.24) is 5.32 Å². The van der Waals surface area contributed by atoms with Crippen LogP contribution in [0.3, 0.4) is 0 Å². The molecule has 0 aromatic rings. The summed E-state index contributed by atoms with van der Waals surface area (Å²) in [4.78, 5) is 34.0. The van der Waals surface area contributed by atoms with Gasteiger partial charge in [0, 0.05) is 25.7 Å². The molecule has 2 N–H and O–H groups in total. The average molecular weight is 299 g/mol. The zero-order chi connectivity index (χ0) is 16.1. The molecule has 5 nitrogen and oxygen atoms in total. The molecular weight excluding hydrogens is 270 g/mol. The average Bonchev–Trinajstić information content (AvgIpc) is 2.44. The lowest BCUT2D eigenvalue weighted by molar-refractivity contribution is -0.137. The molecule has 21 heavy (non-hydrogen) atoms. The molecule has 0 aromatic heterocycles. The van der Waals surface area contributed by atoms with Crippen molar-refractivity contribution in [3.05, 3.63) is 0 Å². The number of likely N-dealkylation sites (N-methyl/N-ethyl adjacent to an activating group) is 1. The van der Waals surface area contributed by atoms with Crippen molar-refractivity contribution in [2.45, 2.75) is 77.2 Å². The molecule has 0 aromatic carbocycles. The lowest BCUT2D eigenvalue weighted by Crippen LogP contribution is -2.34. The minimum absolute atomic E-state index is 0.00228. The van der Waals surface area contributed by atoms with Crippen molar-refractivity contribution in [3.8, 4) is 0 Å². The van der Waals surface area contributed by atoms with Gasteiger partial charge in [-0.1, -0.05) is 26.2 Å². The van der Waals surface area contributed by atoms with Crippen LogP contribution in [0.1, 0.15) is 71.1 Å². The highest BCUT2D eigenvalue weighted by atomic mass is 16.4. The molecule has 0 heterocycles. The first-order chi connectivity index (χ1) is 10.0. The summed E-state index contributed by atoms with van der Waals surface area (Å²) in [7, 11) is 1.66. The van der Waals surface area contributed by atoms with E-state index in [4.69, 9.17) is 5.11 Å². The molecule has 5 heteroatoms. The molecule has 0 saturated heterocycles. The number of carboxylic acid groups (broad SMARTS) is 1. The highest BCUT2D eigenvalue weighted by Crippen LogP contribution is 2.09. The molecule has 0 unspecified atom stereocenters. The van der Waals surface area contributed by atoms with E-state index in [1.54, 1.807) is 7.05 Å². The summed E-state index contributed by atoms with van der Waals surface area (Å²) < 4.78 is 0. The van der Waals surface area contributed by atoms with Crippen LogP contribution in [0.2, 0.25) is 0 Å². The van der Waals surface area contributed by atoms with E-state index in [0.29, 0.717) is 32.1 Å². The van der Waals surface area contributed by atoms with Gasteiger partial charge in [0.2, 0.25) is 0 Å². The summed E-state index contributed by atoms with van der Waals surface area (Å²) in [5.41, 5.74) is 0. The molecule has 0 bridgehead atoms. The molecular formula is C16H29NO4. The molecule has 122 valence electrons. The fourth-order valence-electron chi connectivity index (χ4n) is 2.24. The van der Waals surface area contributed by atoms with Crippen molar-refractivity contribution in [1.29, 1.82) is 0 Å². The van der Waals surface area contributed by atoms with Crippen LogP contribution in [0.15, 0.2) is 0 Å². The van der Waals surface area contributed by atoms with E-state index < -0.39 is 12.0 Å². The Hall–Kier alpha value is -1.23. The number of carboxylic acids is 1. The third-order valence-electron chi connectivity index (χ3n) is 3.57. The molecule has 0 aliphatic rings. The van der Waals surface area contributed by atoms with Crippen LogP contribution in [0.25, 0.3) is 0 Å². The van der Waals surface area contributed by atoms with Crippen molar-refractivity contribution < 1.29 is 19.5 Å². The molecule has 0 saturated carbocycles. The van der Waals surface area contributed by atoms with E-state index in [-0.39, 0.29) is 18.0 Å². The predicted molar refractivity (Wildman–Crippen MR) is 82.3 cm³/mol. The van der Waals surface area contributed by atoms with Gasteiger partial charge in [0.25, 0.3) is 0 Å². The van der Waals surface area contributed by atoms with Crippen LogP contribution in [0.4, 0.5) is 0 Å². The molecule has 0 radical (unpaired) electrons. The topological polar surface area (TPSA) is 83.5 Å². The van der Waals surface area contributed by atoms with Crippen LogP contribution in [0, 0.1) is 0 Å². The van der Waals surface area contributed by atoms with Gasteiger partial charge in [-0.15, -0.1) is 0 Å². The van der Waals surface area contributed by atoms with Crippen molar-refractivity contribution >= 4 is 17.5 Å². The largest absolute Gasteiger partial charge is 0.481 e. The zero-order valence-corrected chi connectivity index (χ0v) is 13.3. The summed E-state index contributed by atoms with van der Waals surface area (Å²) in [5.74, 6) is -0.673. The van der Waals surface area contributed by atoms with Crippen molar-refractivity contribution in [2.24, 2.45) is 0 Å². The monoisotopic (exact) mass is 299 g/mol. The number of nitrogens with one attached hydrogen (secondary N) is 1. The highest BCUT2D eigenvalue weighted by Gasteiger charge is 2.17. The second-order valence-corrected chi connectivity index (χ2v) is 5.44. The fourth-order valence-corrected chi connectivity index (χ4v) is 2.24. The Morgan fingerprint density at radius 1 is 0.952 bits per heavy atom. The third kappa shape index (κ3) is 11.1. The first-order valence-electron chi connectivity index (χ1n) is 7.94. The maximum atomic E-state index is 11.9. The van der Waals surface area contributed by atoms with Crippen molar-refractivity contribution in [2.75, 3.05) is 7.05 Å². The maximum Gasteiger partial charge on any atom is 0.303 e. The second kappa shape index (κ2) is 12.5. The molecule has 0 aliphatic heterocycles. The van der Waals surface area contributed by atoms with Gasteiger partial charge in [-0.25, -0.2) is 0 Å². The Morgan fingerprint density at radius 2 is 1.62 bits per heavy atom. The SMILES string of the molecule is CCCCCCC(=O)CCCC(=O)[C@H](CCC(=O)O)NC. The number of carbonyl (C=O) groups is 3. The molecule has 0 fully saturated rings. The van der Waals surface area contributed by atoms with Crippen LogP contribution in [-0.4, -0.2) is 35.7 Å². The third-order valence-corrected chi connectivity index (χ3v) is 3.57. The van der Waals surface area contributed by atoms with Crippen LogP contribution < -0.4 is 5.32 Å². The van der Waals surface area contributed by atoms with Crippen LogP contribution in [0.5, 0.6) is 0 Å². The Bertz CT molecular complexity index is 328. The summed E-state index contributed by atoms with van der Waals surface area (Å²) in [6, 6.07) is -0.416. The Morgan fingerprint density at radius 3 is 2.19 bits per heavy atom. The van der Waals surface area contributed by atoms with Gasteiger partial charge in [0.05, 0.1) is 6.04 Å². The van der Waals surface area contributed by atoms with E-state index in [1.807, 2.05) is 0 Å². The second-order valence-electron chi connectivity index (χ2n) is 5.44. The summed E-state index contributed by atoms with van der Waals surface area (Å²) in [5, 5.41) is 11.5. The van der Waals surface area contributed by atoms with Gasteiger partial charge >= 0.3 is 5.97 Å². The number of carbonyl (C=O) groups excluding carboxylic acids is 2. The number of hydrogen-bond acceptors (Lipinski definition) is 4. The lowest BCUT2D eigenvalue weighted by atomic mass is 10.00. The zero-order valence-electron chi connectivity index (χ0n) is 13.3. The highest BCUT2D eigenvalue weighted by molar-refractivity contribution is 5.85. The van der Waals surface area contributed by atoms with E-state index in [0.717, 1.165) is 19.3 Å². The summed E-state index contributed by atoms with van der Waals surface area (Å²) >= 11 is 0. The number of hydrogen-bond donors (Lipinski definition) is 2. The minimum atomic E-state index is -0.898. The molecule has 1 atom stereocenters. The summed E-state index contributed by atoms with van der Waals surface area (Å²) in [6.07, 6.45) is 6.61. The molecule has 0 spiro atoms. The number of aliphatic carboxylic acids is 1. The number of ketones is 2. The fraction of sp³-hybridized carbons (Fsp3) is 0.812.